The lowest BCUT2D eigenvalue weighted by molar-refractivity contribution is -0.384. The maximum absolute atomic E-state index is 10.7. The van der Waals surface area contributed by atoms with Crippen molar-refractivity contribution in [1.82, 2.24) is 9.88 Å². The van der Waals surface area contributed by atoms with Crippen LogP contribution >= 0.6 is 0 Å². The van der Waals surface area contributed by atoms with Crippen molar-refractivity contribution >= 4 is 16.8 Å². The molecular weight excluding hydrogens is 274 g/mol. The molecule has 0 bridgehead atoms. The second kappa shape index (κ2) is 5.79. The molecule has 0 spiro atoms. The van der Waals surface area contributed by atoms with Gasteiger partial charge in [-0.1, -0.05) is 0 Å². The van der Waals surface area contributed by atoms with E-state index in [0.717, 1.165) is 25.9 Å². The fourth-order valence-electron chi connectivity index (χ4n) is 2.66. The molecule has 1 aromatic carbocycles. The van der Waals surface area contributed by atoms with Crippen LogP contribution in [0.1, 0.15) is 18.7 Å². The molecule has 1 aliphatic heterocycles. The molecule has 112 valence electrons. The highest BCUT2D eigenvalue weighted by molar-refractivity contribution is 5.75. The number of aliphatic hydroxyl groups excluding tert-OH is 1. The summed E-state index contributed by atoms with van der Waals surface area (Å²) in [4.78, 5) is 16.9. The monoisotopic (exact) mass is 291 g/mol. The van der Waals surface area contributed by atoms with Gasteiger partial charge in [-0.2, -0.15) is 0 Å². The maximum atomic E-state index is 10.7. The third-order valence-corrected chi connectivity index (χ3v) is 3.95. The molecule has 2 aromatic rings. The van der Waals surface area contributed by atoms with Gasteiger partial charge in [-0.25, -0.2) is 4.98 Å². The van der Waals surface area contributed by atoms with E-state index in [-0.39, 0.29) is 12.3 Å². The van der Waals surface area contributed by atoms with E-state index in [2.05, 4.69) is 9.88 Å². The number of oxazole rings is 1. The van der Waals surface area contributed by atoms with Gasteiger partial charge >= 0.3 is 0 Å². The molecule has 1 aromatic heterocycles. The molecule has 1 fully saturated rings. The van der Waals surface area contributed by atoms with Crippen molar-refractivity contribution in [1.29, 1.82) is 0 Å². The molecule has 0 radical (unpaired) electrons. The lowest BCUT2D eigenvalue weighted by Crippen LogP contribution is -2.34. The summed E-state index contributed by atoms with van der Waals surface area (Å²) >= 11 is 0. The molecular formula is C14H17N3O4. The van der Waals surface area contributed by atoms with E-state index in [4.69, 9.17) is 9.52 Å². The van der Waals surface area contributed by atoms with Gasteiger partial charge in [0.25, 0.3) is 5.69 Å². The van der Waals surface area contributed by atoms with E-state index in [9.17, 15) is 10.1 Å². The van der Waals surface area contributed by atoms with Gasteiger partial charge in [0.05, 0.1) is 11.5 Å². The van der Waals surface area contributed by atoms with Crippen LogP contribution in [0.3, 0.4) is 0 Å². The molecule has 7 heteroatoms. The Morgan fingerprint density at radius 3 is 2.86 bits per heavy atom. The molecule has 7 nitrogen and oxygen atoms in total. The highest BCUT2D eigenvalue weighted by Crippen LogP contribution is 2.23. The number of likely N-dealkylation sites (tertiary alicyclic amines) is 1. The van der Waals surface area contributed by atoms with Crippen molar-refractivity contribution in [2.75, 3.05) is 19.7 Å². The average Bonchev–Trinajstić information content (AvgIpc) is 2.89. The lowest BCUT2D eigenvalue weighted by atomic mass is 9.98. The Labute approximate surface area is 121 Å². The fraction of sp³-hybridized carbons (Fsp3) is 0.500. The number of nitro benzene ring substituents is 1. The average molecular weight is 291 g/mol. The first-order valence-electron chi connectivity index (χ1n) is 7.03. The molecule has 21 heavy (non-hydrogen) atoms. The van der Waals surface area contributed by atoms with Crippen molar-refractivity contribution in [3.05, 3.63) is 34.2 Å². The standard InChI is InChI=1S/C14H17N3O4/c18-9-10-3-5-16(6-4-10)8-14-15-12-7-11(17(19)20)1-2-13(12)21-14/h1-2,7,10,18H,3-6,8-9H2. The first kappa shape index (κ1) is 14.0. The van der Waals surface area contributed by atoms with Crippen LogP contribution in [-0.4, -0.2) is 39.6 Å². The molecule has 1 N–H and O–H groups in total. The number of fused-ring (bicyclic) bond motifs is 1. The summed E-state index contributed by atoms with van der Waals surface area (Å²) < 4.78 is 5.63. The zero-order chi connectivity index (χ0) is 14.8. The van der Waals surface area contributed by atoms with Gasteiger partial charge in [-0.05, 0) is 37.9 Å². The number of aliphatic hydroxyl groups is 1. The zero-order valence-corrected chi connectivity index (χ0v) is 11.6. The fourth-order valence-corrected chi connectivity index (χ4v) is 2.66. The Balaban J connectivity index is 1.71. The first-order valence-corrected chi connectivity index (χ1v) is 7.03. The van der Waals surface area contributed by atoms with Crippen molar-refractivity contribution in [2.45, 2.75) is 19.4 Å². The topological polar surface area (TPSA) is 92.6 Å². The molecule has 0 amide bonds. The number of hydrogen-bond donors (Lipinski definition) is 1. The van der Waals surface area contributed by atoms with Crippen LogP contribution in [0.15, 0.2) is 22.6 Å². The molecule has 1 aliphatic rings. The number of hydrogen-bond acceptors (Lipinski definition) is 6. The van der Waals surface area contributed by atoms with Crippen molar-refractivity contribution in [3.8, 4) is 0 Å². The van der Waals surface area contributed by atoms with Gasteiger partial charge in [0.2, 0.25) is 5.89 Å². The molecule has 2 heterocycles. The Morgan fingerprint density at radius 1 is 1.43 bits per heavy atom. The van der Waals surface area contributed by atoms with Crippen LogP contribution in [0.2, 0.25) is 0 Å². The van der Waals surface area contributed by atoms with E-state index in [1.807, 2.05) is 0 Å². The maximum Gasteiger partial charge on any atom is 0.271 e. The Bertz CT molecular complexity index is 647. The van der Waals surface area contributed by atoms with Crippen LogP contribution in [0.5, 0.6) is 0 Å². The third kappa shape index (κ3) is 3.03. The largest absolute Gasteiger partial charge is 0.439 e. The highest BCUT2D eigenvalue weighted by atomic mass is 16.6. The Morgan fingerprint density at radius 2 is 2.19 bits per heavy atom. The highest BCUT2D eigenvalue weighted by Gasteiger charge is 2.20. The SMILES string of the molecule is O=[N+]([O-])c1ccc2oc(CN3CCC(CO)CC3)nc2c1. The number of rotatable bonds is 4. The number of nitrogens with zero attached hydrogens (tertiary/aromatic N) is 3. The number of piperidine rings is 1. The van der Waals surface area contributed by atoms with E-state index in [0.29, 0.717) is 29.5 Å². The molecule has 1 saturated heterocycles. The van der Waals surface area contributed by atoms with Gasteiger partial charge < -0.3 is 9.52 Å². The van der Waals surface area contributed by atoms with Gasteiger partial charge in [0.1, 0.15) is 5.52 Å². The minimum absolute atomic E-state index is 0.0195. The first-order chi connectivity index (χ1) is 10.2. The summed E-state index contributed by atoms with van der Waals surface area (Å²) in [6.45, 7) is 2.66. The van der Waals surface area contributed by atoms with Crippen LogP contribution in [0, 0.1) is 16.0 Å². The third-order valence-electron chi connectivity index (χ3n) is 3.95. The van der Waals surface area contributed by atoms with E-state index < -0.39 is 4.92 Å². The molecule has 0 aliphatic carbocycles. The van der Waals surface area contributed by atoms with Crippen LogP contribution < -0.4 is 0 Å². The van der Waals surface area contributed by atoms with Crippen molar-refractivity contribution in [3.63, 3.8) is 0 Å². The van der Waals surface area contributed by atoms with Crippen molar-refractivity contribution < 1.29 is 14.4 Å². The Kier molecular flexibility index (Phi) is 3.85. The second-order valence-corrected chi connectivity index (χ2v) is 5.42. The van der Waals surface area contributed by atoms with E-state index in [1.54, 1.807) is 6.07 Å². The summed E-state index contributed by atoms with van der Waals surface area (Å²) in [5.41, 5.74) is 1.11. The normalized spacial score (nSPS) is 17.4. The van der Waals surface area contributed by atoms with Crippen LogP contribution in [0.4, 0.5) is 5.69 Å². The summed E-state index contributed by atoms with van der Waals surface area (Å²) in [5.74, 6) is 0.973. The number of aromatic nitrogens is 1. The summed E-state index contributed by atoms with van der Waals surface area (Å²) in [5, 5.41) is 19.9. The van der Waals surface area contributed by atoms with Crippen LogP contribution in [0.25, 0.3) is 11.1 Å². The predicted octanol–water partition coefficient (Wildman–Crippen LogP) is 1.94. The number of benzene rings is 1. The van der Waals surface area contributed by atoms with Gasteiger partial charge in [0.15, 0.2) is 5.58 Å². The minimum Gasteiger partial charge on any atom is -0.439 e. The molecule has 0 unspecified atom stereocenters. The molecule has 3 rings (SSSR count). The minimum atomic E-state index is -0.437. The second-order valence-electron chi connectivity index (χ2n) is 5.42. The summed E-state index contributed by atoms with van der Waals surface area (Å²) in [6.07, 6.45) is 1.95. The van der Waals surface area contributed by atoms with Crippen molar-refractivity contribution in [2.24, 2.45) is 5.92 Å². The lowest BCUT2D eigenvalue weighted by Gasteiger charge is -2.29. The van der Waals surface area contributed by atoms with E-state index in [1.165, 1.54) is 12.1 Å². The quantitative estimate of drug-likeness (QED) is 0.683. The Hall–Kier alpha value is -1.99. The molecule has 0 atom stereocenters. The molecule has 0 saturated carbocycles. The zero-order valence-electron chi connectivity index (χ0n) is 11.6. The van der Waals surface area contributed by atoms with Gasteiger partial charge in [-0.15, -0.1) is 0 Å². The number of non-ortho nitro benzene ring substituents is 1. The number of nitro groups is 1. The van der Waals surface area contributed by atoms with Crippen LogP contribution in [-0.2, 0) is 6.54 Å². The summed E-state index contributed by atoms with van der Waals surface area (Å²) in [7, 11) is 0. The van der Waals surface area contributed by atoms with Gasteiger partial charge in [0, 0.05) is 18.7 Å². The van der Waals surface area contributed by atoms with Gasteiger partial charge in [-0.3, -0.25) is 15.0 Å². The predicted molar refractivity (Wildman–Crippen MR) is 75.8 cm³/mol. The van der Waals surface area contributed by atoms with E-state index >= 15 is 0 Å². The smallest absolute Gasteiger partial charge is 0.271 e. The summed E-state index contributed by atoms with van der Waals surface area (Å²) in [6, 6.07) is 4.44.